The smallest absolute Gasteiger partial charge is 0.301 e. The Hall–Kier alpha value is -6.55. The molecule has 0 saturated carbocycles. The van der Waals surface area contributed by atoms with Crippen LogP contribution in [-0.2, 0) is 26.3 Å². The van der Waals surface area contributed by atoms with Gasteiger partial charge in [-0.15, -0.1) is 0 Å². The predicted molar refractivity (Wildman–Crippen MR) is 223 cm³/mol. The van der Waals surface area contributed by atoms with Gasteiger partial charge in [0.25, 0.3) is 5.91 Å². The lowest BCUT2D eigenvalue weighted by Crippen LogP contribution is -2.52. The molecule has 14 nitrogen and oxygen atoms in total. The van der Waals surface area contributed by atoms with Gasteiger partial charge in [-0.2, -0.15) is 12.7 Å². The first kappa shape index (κ1) is 40.8. The molecule has 3 amide bonds. The van der Waals surface area contributed by atoms with Crippen LogP contribution in [0.3, 0.4) is 0 Å². The molecule has 0 aliphatic carbocycles. The molecule has 0 unspecified atom stereocenters. The molecule has 6 heterocycles. The van der Waals surface area contributed by atoms with Gasteiger partial charge >= 0.3 is 10.2 Å². The lowest BCUT2D eigenvalue weighted by atomic mass is 9.99. The number of hydrogen-bond donors (Lipinski definition) is 3. The van der Waals surface area contributed by atoms with E-state index in [1.54, 1.807) is 18.3 Å². The number of piperidine rings is 1. The summed E-state index contributed by atoms with van der Waals surface area (Å²) in [6, 6.07) is 16.0. The van der Waals surface area contributed by atoms with Crippen LogP contribution < -0.4 is 14.9 Å². The van der Waals surface area contributed by atoms with Crippen LogP contribution in [0, 0.1) is 23.5 Å². The Balaban J connectivity index is 0.821. The number of ketones is 1. The number of nitrogens with one attached hydrogen (secondary N) is 3. The molecule has 62 heavy (non-hydrogen) atoms. The summed E-state index contributed by atoms with van der Waals surface area (Å²) in [5.74, 6) is 1.89. The summed E-state index contributed by atoms with van der Waals surface area (Å²) < 4.78 is 72.9. The van der Waals surface area contributed by atoms with Crippen molar-refractivity contribution in [1.82, 2.24) is 29.4 Å². The topological polar surface area (TPSA) is 168 Å². The van der Waals surface area contributed by atoms with Gasteiger partial charge in [-0.1, -0.05) is 24.0 Å². The van der Waals surface area contributed by atoms with Crippen molar-refractivity contribution in [1.29, 1.82) is 0 Å². The highest BCUT2D eigenvalue weighted by Crippen LogP contribution is 2.32. The molecule has 3 N–H and O–H groups in total. The molecule has 3 aromatic carbocycles. The lowest BCUT2D eigenvalue weighted by Gasteiger charge is -2.35. The molecule has 4 aliphatic heterocycles. The molecule has 0 spiro atoms. The Morgan fingerprint density at radius 2 is 1.73 bits per heavy atom. The zero-order valence-electron chi connectivity index (χ0n) is 33.1. The van der Waals surface area contributed by atoms with Gasteiger partial charge < -0.3 is 14.8 Å². The SMILES string of the molecule is O=C1CC[C@H](N2Cc3cc(C#CCN4CCN(c5ccc(-c6cnc7[nH]cc(C(=O)c8c(F)ccc(NS(=O)(=O)N9CC[C@@H](F)C9)c8F)c7c6)cc5)CC4)ccc3C2=O)C(=O)N1. The number of piperazine rings is 1. The molecule has 2 atom stereocenters. The summed E-state index contributed by atoms with van der Waals surface area (Å²) in [4.78, 5) is 64.0. The van der Waals surface area contributed by atoms with Crippen LogP contribution in [-0.4, -0.2) is 114 Å². The van der Waals surface area contributed by atoms with E-state index in [2.05, 4.69) is 36.9 Å². The van der Waals surface area contributed by atoms with Gasteiger partial charge in [0.15, 0.2) is 5.82 Å². The van der Waals surface area contributed by atoms with Crippen molar-refractivity contribution in [2.75, 3.05) is 55.4 Å². The molecule has 9 rings (SSSR count). The quantitative estimate of drug-likeness (QED) is 0.111. The minimum absolute atomic E-state index is 0.00225. The number of hydrogen-bond acceptors (Lipinski definition) is 9. The number of aromatic amines is 1. The normalized spacial score (nSPS) is 19.7. The number of amides is 3. The molecule has 3 saturated heterocycles. The zero-order chi connectivity index (χ0) is 43.3. The van der Waals surface area contributed by atoms with E-state index in [0.29, 0.717) is 41.7 Å². The monoisotopic (exact) mass is 864 g/mol. The number of imide groups is 1. The summed E-state index contributed by atoms with van der Waals surface area (Å²) in [6.45, 7) is 3.48. The molecule has 318 valence electrons. The van der Waals surface area contributed by atoms with E-state index >= 15 is 8.78 Å². The number of fused-ring (bicyclic) bond motifs is 2. The fraction of sp³-hybridized carbons (Fsp3) is 0.295. The highest BCUT2D eigenvalue weighted by Gasteiger charge is 2.39. The van der Waals surface area contributed by atoms with Crippen LogP contribution in [0.5, 0.6) is 0 Å². The largest absolute Gasteiger partial charge is 0.369 e. The lowest BCUT2D eigenvalue weighted by molar-refractivity contribution is -0.136. The fourth-order valence-electron chi connectivity index (χ4n) is 8.37. The van der Waals surface area contributed by atoms with E-state index < -0.39 is 63.5 Å². The minimum atomic E-state index is -4.36. The van der Waals surface area contributed by atoms with Gasteiger partial charge in [-0.25, -0.2) is 18.2 Å². The van der Waals surface area contributed by atoms with Crippen molar-refractivity contribution in [2.24, 2.45) is 0 Å². The van der Waals surface area contributed by atoms with E-state index in [4.69, 9.17) is 0 Å². The number of rotatable bonds is 9. The highest BCUT2D eigenvalue weighted by molar-refractivity contribution is 7.90. The Labute approximate surface area is 354 Å². The molecular formula is C44H39F3N8O6S. The van der Waals surface area contributed by atoms with Crippen LogP contribution in [0.1, 0.15) is 56.7 Å². The van der Waals surface area contributed by atoms with E-state index in [-0.39, 0.29) is 36.8 Å². The molecule has 18 heteroatoms. The number of carbonyl (C=O) groups excluding carboxylic acids is 4. The highest BCUT2D eigenvalue weighted by atomic mass is 32.2. The number of aromatic nitrogens is 2. The summed E-state index contributed by atoms with van der Waals surface area (Å²) in [5, 5.41) is 2.64. The number of pyridine rings is 1. The average molecular weight is 865 g/mol. The maximum Gasteiger partial charge on any atom is 0.301 e. The van der Waals surface area contributed by atoms with E-state index in [0.717, 1.165) is 65.0 Å². The third-order valence-corrected chi connectivity index (χ3v) is 13.3. The number of halogens is 3. The summed E-state index contributed by atoms with van der Waals surface area (Å²) >= 11 is 0. The van der Waals surface area contributed by atoms with Crippen LogP contribution in [0.4, 0.5) is 24.5 Å². The van der Waals surface area contributed by atoms with Gasteiger partial charge in [-0.05, 0) is 72.5 Å². The van der Waals surface area contributed by atoms with Crippen LogP contribution in [0.15, 0.2) is 73.1 Å². The van der Waals surface area contributed by atoms with Crippen molar-refractivity contribution in [3.05, 3.63) is 113 Å². The van der Waals surface area contributed by atoms with Crippen molar-refractivity contribution < 1.29 is 40.8 Å². The van der Waals surface area contributed by atoms with E-state index in [9.17, 15) is 32.0 Å². The van der Waals surface area contributed by atoms with E-state index in [1.165, 1.54) is 11.1 Å². The van der Waals surface area contributed by atoms with Crippen LogP contribution in [0.2, 0.25) is 0 Å². The van der Waals surface area contributed by atoms with E-state index in [1.807, 2.05) is 41.1 Å². The second-order valence-corrected chi connectivity index (χ2v) is 17.3. The number of alkyl halides is 1. The van der Waals surface area contributed by atoms with Crippen LogP contribution >= 0.6 is 0 Å². The maximum absolute atomic E-state index is 15.7. The number of benzene rings is 3. The average Bonchev–Trinajstić information content (AvgIpc) is 3.99. The Morgan fingerprint density at radius 3 is 2.47 bits per heavy atom. The summed E-state index contributed by atoms with van der Waals surface area (Å²) in [7, 11) is -4.36. The number of anilines is 2. The number of carbonyl (C=O) groups is 4. The van der Waals surface area contributed by atoms with Gasteiger partial charge in [0.2, 0.25) is 17.6 Å². The molecule has 5 aromatic rings. The maximum atomic E-state index is 15.7. The van der Waals surface area contributed by atoms with Crippen molar-refractivity contribution in [3.8, 4) is 23.0 Å². The number of nitrogens with zero attached hydrogens (tertiary/aromatic N) is 5. The third-order valence-electron chi connectivity index (χ3n) is 11.8. The second-order valence-electron chi connectivity index (χ2n) is 15.7. The Morgan fingerprint density at radius 1 is 0.935 bits per heavy atom. The van der Waals surface area contributed by atoms with Gasteiger partial charge in [-0.3, -0.25) is 34.1 Å². The molecule has 3 fully saturated rings. The van der Waals surface area contributed by atoms with Gasteiger partial charge in [0.1, 0.15) is 23.7 Å². The Bertz CT molecular complexity index is 2830. The van der Waals surface area contributed by atoms with Crippen molar-refractivity contribution in [2.45, 2.75) is 38.0 Å². The first-order valence-corrected chi connectivity index (χ1v) is 21.5. The predicted octanol–water partition coefficient (Wildman–Crippen LogP) is 4.37. The van der Waals surface area contributed by atoms with Gasteiger partial charge in [0, 0.05) is 98.0 Å². The molecule has 0 bridgehead atoms. The van der Waals surface area contributed by atoms with Crippen molar-refractivity contribution >= 4 is 56.1 Å². The second kappa shape index (κ2) is 16.4. The molecule has 4 aliphatic rings. The van der Waals surface area contributed by atoms with Gasteiger partial charge in [0.05, 0.1) is 17.8 Å². The van der Waals surface area contributed by atoms with Crippen molar-refractivity contribution in [3.63, 3.8) is 0 Å². The summed E-state index contributed by atoms with van der Waals surface area (Å²) in [6.07, 6.45) is 2.08. The standard InChI is InChI=1S/C44H39F3N8O6S/c45-30-13-15-54(25-30)62(60,61)51-36-10-9-35(46)39(40(36)47)41(57)34-23-49-42-33(34)21-28(22-48-42)27-4-6-31(7-5-27)53-18-16-52(17-19-53)14-1-2-26-3-8-32-29(20-26)24-55(44(32)59)37-11-12-38(56)50-43(37)58/h3-10,20-23,30,37,51H,11-19,24-25H2,(H,48,49)(H,50,56,58)/t30-,37+/m1/s1. The van der Waals surface area contributed by atoms with Crippen LogP contribution in [0.25, 0.3) is 22.2 Å². The first-order chi connectivity index (χ1) is 29.8. The third kappa shape index (κ3) is 7.90. The molecule has 0 radical (unpaired) electrons. The zero-order valence-corrected chi connectivity index (χ0v) is 33.9. The molecular weight excluding hydrogens is 826 g/mol. The first-order valence-electron chi connectivity index (χ1n) is 20.1. The molecule has 2 aromatic heterocycles. The Kier molecular flexibility index (Phi) is 10.8. The minimum Gasteiger partial charge on any atom is -0.369 e. The number of H-pyrrole nitrogens is 1. The fourth-order valence-corrected chi connectivity index (χ4v) is 9.64. The summed E-state index contributed by atoms with van der Waals surface area (Å²) in [5.41, 5.74) is 3.26.